The van der Waals surface area contributed by atoms with Crippen molar-refractivity contribution in [2.45, 2.75) is 18.3 Å². The molecule has 0 radical (unpaired) electrons. The van der Waals surface area contributed by atoms with Gasteiger partial charge in [0.1, 0.15) is 0 Å². The van der Waals surface area contributed by atoms with Crippen molar-refractivity contribution in [3.8, 4) is 0 Å². The number of carbonyl (C=O) groups excluding carboxylic acids is 2. The highest BCUT2D eigenvalue weighted by molar-refractivity contribution is 6.51. The Kier molecular flexibility index (Phi) is 1.92. The maximum atomic E-state index is 12.6. The van der Waals surface area contributed by atoms with E-state index in [9.17, 15) is 9.59 Å². The Morgan fingerprint density at radius 1 is 0.842 bits per heavy atom. The molecule has 0 N–H and O–H groups in total. The molecule has 1 unspecified atom stereocenters. The molecule has 1 spiro atoms. The molecule has 2 aliphatic carbocycles. The smallest absolute Gasteiger partial charge is 0.230 e. The third kappa shape index (κ3) is 1.12. The quantitative estimate of drug-likeness (QED) is 0.672. The lowest BCUT2D eigenvalue weighted by atomic mass is 9.76. The number of hydrogen-bond donors (Lipinski definition) is 0. The molecule has 19 heavy (non-hydrogen) atoms. The molecule has 0 saturated carbocycles. The van der Waals surface area contributed by atoms with Crippen molar-refractivity contribution in [1.82, 2.24) is 0 Å². The van der Waals surface area contributed by atoms with E-state index < -0.39 is 5.41 Å². The van der Waals surface area contributed by atoms with E-state index in [1.165, 1.54) is 5.56 Å². The van der Waals surface area contributed by atoms with Gasteiger partial charge in [-0.1, -0.05) is 48.5 Å². The van der Waals surface area contributed by atoms with E-state index in [1.54, 1.807) is 6.07 Å². The molecule has 0 heterocycles. The molecule has 0 amide bonds. The molecule has 0 saturated heterocycles. The number of rotatable bonds is 0. The minimum Gasteiger partial charge on any atom is -0.289 e. The summed E-state index contributed by atoms with van der Waals surface area (Å²) in [6, 6.07) is 15.4. The van der Waals surface area contributed by atoms with E-state index in [0.717, 1.165) is 17.5 Å². The van der Waals surface area contributed by atoms with Gasteiger partial charge in [-0.05, 0) is 29.5 Å². The summed E-state index contributed by atoms with van der Waals surface area (Å²) in [6.07, 6.45) is 1.58. The fourth-order valence-electron chi connectivity index (χ4n) is 3.62. The second-order valence-corrected chi connectivity index (χ2v) is 5.27. The number of hydrogen-bond acceptors (Lipinski definition) is 2. The SMILES string of the molecule is O=C1C(=O)C2(CCc3ccccc32)c2ccccc21. The normalized spacial score (nSPS) is 23.8. The minimum absolute atomic E-state index is 0.251. The maximum absolute atomic E-state index is 12.6. The van der Waals surface area contributed by atoms with Gasteiger partial charge in [-0.2, -0.15) is 0 Å². The van der Waals surface area contributed by atoms with Crippen LogP contribution in [0.1, 0.15) is 33.5 Å². The Balaban J connectivity index is 2.08. The first-order chi connectivity index (χ1) is 9.25. The van der Waals surface area contributed by atoms with Gasteiger partial charge < -0.3 is 0 Å². The predicted octanol–water partition coefficient (Wildman–Crippen LogP) is 2.68. The molecule has 4 rings (SSSR count). The van der Waals surface area contributed by atoms with Crippen molar-refractivity contribution < 1.29 is 9.59 Å². The second-order valence-electron chi connectivity index (χ2n) is 5.27. The summed E-state index contributed by atoms with van der Waals surface area (Å²) in [6.45, 7) is 0. The number of carbonyl (C=O) groups is 2. The molecule has 2 nitrogen and oxygen atoms in total. The topological polar surface area (TPSA) is 34.1 Å². The molecule has 92 valence electrons. The van der Waals surface area contributed by atoms with Gasteiger partial charge in [0.2, 0.25) is 11.6 Å². The van der Waals surface area contributed by atoms with E-state index in [0.29, 0.717) is 12.0 Å². The first kappa shape index (κ1) is 10.7. The highest BCUT2D eigenvalue weighted by Crippen LogP contribution is 2.49. The molecule has 2 heteroatoms. The molecule has 2 aromatic rings. The fraction of sp³-hybridized carbons (Fsp3) is 0.176. The van der Waals surface area contributed by atoms with Crippen LogP contribution in [0.15, 0.2) is 48.5 Å². The average Bonchev–Trinajstić information content (AvgIpc) is 2.95. The summed E-state index contributed by atoms with van der Waals surface area (Å²) >= 11 is 0. The van der Waals surface area contributed by atoms with Crippen LogP contribution in [0, 0.1) is 0 Å². The van der Waals surface area contributed by atoms with Crippen LogP contribution >= 0.6 is 0 Å². The van der Waals surface area contributed by atoms with Crippen LogP contribution in [-0.4, -0.2) is 11.6 Å². The van der Waals surface area contributed by atoms with E-state index in [4.69, 9.17) is 0 Å². The first-order valence-electron chi connectivity index (χ1n) is 6.52. The zero-order chi connectivity index (χ0) is 13.0. The molecular weight excluding hydrogens is 236 g/mol. The second kappa shape index (κ2) is 3.41. The number of fused-ring (bicyclic) bond motifs is 4. The highest BCUT2D eigenvalue weighted by atomic mass is 16.2. The Bertz CT molecular complexity index is 730. The third-order valence-electron chi connectivity index (χ3n) is 4.47. The number of ketones is 2. The lowest BCUT2D eigenvalue weighted by Crippen LogP contribution is -2.32. The predicted molar refractivity (Wildman–Crippen MR) is 71.3 cm³/mol. The summed E-state index contributed by atoms with van der Waals surface area (Å²) < 4.78 is 0. The van der Waals surface area contributed by atoms with Gasteiger partial charge in [-0.25, -0.2) is 0 Å². The number of aryl methyl sites for hydroxylation is 1. The average molecular weight is 248 g/mol. The summed E-state index contributed by atoms with van der Waals surface area (Å²) in [4.78, 5) is 24.8. The van der Waals surface area contributed by atoms with Gasteiger partial charge >= 0.3 is 0 Å². The summed E-state index contributed by atoms with van der Waals surface area (Å²) in [7, 11) is 0. The Morgan fingerprint density at radius 3 is 2.37 bits per heavy atom. The van der Waals surface area contributed by atoms with E-state index in [-0.39, 0.29) is 11.6 Å². The van der Waals surface area contributed by atoms with Crippen LogP contribution in [0.5, 0.6) is 0 Å². The molecule has 2 aromatic carbocycles. The third-order valence-corrected chi connectivity index (χ3v) is 4.47. The Morgan fingerprint density at radius 2 is 1.53 bits per heavy atom. The zero-order valence-electron chi connectivity index (χ0n) is 10.3. The van der Waals surface area contributed by atoms with Crippen LogP contribution in [0.4, 0.5) is 0 Å². The monoisotopic (exact) mass is 248 g/mol. The number of Topliss-reactive ketones (excluding diaryl/α,β-unsaturated/α-hetero) is 2. The molecule has 2 aliphatic rings. The van der Waals surface area contributed by atoms with Gasteiger partial charge in [-0.3, -0.25) is 9.59 Å². The molecular formula is C17H12O2. The van der Waals surface area contributed by atoms with Crippen molar-refractivity contribution in [3.05, 3.63) is 70.8 Å². The largest absolute Gasteiger partial charge is 0.289 e. The summed E-state index contributed by atoms with van der Waals surface area (Å²) in [5, 5.41) is 0. The van der Waals surface area contributed by atoms with Crippen LogP contribution in [0.25, 0.3) is 0 Å². The van der Waals surface area contributed by atoms with Gasteiger partial charge in [0.25, 0.3) is 0 Å². The number of benzene rings is 2. The van der Waals surface area contributed by atoms with Crippen LogP contribution in [-0.2, 0) is 16.6 Å². The Hall–Kier alpha value is -2.22. The zero-order valence-corrected chi connectivity index (χ0v) is 10.3. The van der Waals surface area contributed by atoms with Gasteiger partial charge in [0, 0.05) is 5.56 Å². The lowest BCUT2D eigenvalue weighted by molar-refractivity contribution is -0.118. The molecule has 1 atom stereocenters. The maximum Gasteiger partial charge on any atom is 0.230 e. The molecule has 0 aliphatic heterocycles. The van der Waals surface area contributed by atoms with E-state index in [2.05, 4.69) is 6.07 Å². The standard InChI is InChI=1S/C17H12O2/c18-15-12-6-2-4-8-14(12)17(16(15)19)10-9-11-5-1-3-7-13(11)17/h1-8H,9-10H2. The van der Waals surface area contributed by atoms with Crippen molar-refractivity contribution >= 4 is 11.6 Å². The molecule has 0 bridgehead atoms. The minimum atomic E-state index is -0.704. The van der Waals surface area contributed by atoms with Gasteiger partial charge in [-0.15, -0.1) is 0 Å². The lowest BCUT2D eigenvalue weighted by Gasteiger charge is -2.23. The van der Waals surface area contributed by atoms with E-state index >= 15 is 0 Å². The Labute approximate surface area is 111 Å². The fourth-order valence-corrected chi connectivity index (χ4v) is 3.62. The highest BCUT2D eigenvalue weighted by Gasteiger charge is 2.55. The molecule has 0 aromatic heterocycles. The van der Waals surface area contributed by atoms with Crippen LogP contribution < -0.4 is 0 Å². The first-order valence-corrected chi connectivity index (χ1v) is 6.52. The van der Waals surface area contributed by atoms with Crippen LogP contribution in [0.2, 0.25) is 0 Å². The van der Waals surface area contributed by atoms with Crippen molar-refractivity contribution in [3.63, 3.8) is 0 Å². The van der Waals surface area contributed by atoms with Gasteiger partial charge in [0.05, 0.1) is 5.41 Å². The van der Waals surface area contributed by atoms with Gasteiger partial charge in [0.15, 0.2) is 0 Å². The van der Waals surface area contributed by atoms with Crippen molar-refractivity contribution in [2.75, 3.05) is 0 Å². The van der Waals surface area contributed by atoms with Crippen molar-refractivity contribution in [2.24, 2.45) is 0 Å². The van der Waals surface area contributed by atoms with E-state index in [1.807, 2.05) is 36.4 Å². The summed E-state index contributed by atoms with van der Waals surface area (Å²) in [5.74, 6) is -0.578. The van der Waals surface area contributed by atoms with Crippen LogP contribution in [0.3, 0.4) is 0 Å². The molecule has 0 fully saturated rings. The van der Waals surface area contributed by atoms with Crippen molar-refractivity contribution in [1.29, 1.82) is 0 Å². The summed E-state index contributed by atoms with van der Waals surface area (Å²) in [5.41, 5.74) is 3.00.